The summed E-state index contributed by atoms with van der Waals surface area (Å²) in [5.74, 6) is 0.0124. The smallest absolute Gasteiger partial charge is 0.256 e. The first kappa shape index (κ1) is 21.8. The molecule has 2 aromatic carbocycles. The molecule has 0 bridgehead atoms. The summed E-state index contributed by atoms with van der Waals surface area (Å²) in [7, 11) is 0. The molecule has 0 aliphatic carbocycles. The summed E-state index contributed by atoms with van der Waals surface area (Å²) in [6, 6.07) is 24.4. The Hall–Kier alpha value is -5.04. The minimum Gasteiger partial charge on any atom is -0.323 e. The zero-order valence-electron chi connectivity index (χ0n) is 18.7. The normalized spacial score (nSPS) is 10.6. The molecule has 3 aromatic heterocycles. The van der Waals surface area contributed by atoms with Crippen molar-refractivity contribution < 1.29 is 9.59 Å². The summed E-state index contributed by atoms with van der Waals surface area (Å²) < 4.78 is 2.01. The van der Waals surface area contributed by atoms with Gasteiger partial charge in [-0.15, -0.1) is 0 Å². The molecular weight excluding hydrogens is 438 g/mol. The van der Waals surface area contributed by atoms with E-state index in [2.05, 4.69) is 33.2 Å². The maximum Gasteiger partial charge on any atom is 0.256 e. The molecule has 0 radical (unpaired) electrons. The van der Waals surface area contributed by atoms with Crippen LogP contribution in [0.3, 0.4) is 0 Å². The van der Waals surface area contributed by atoms with E-state index in [9.17, 15) is 9.59 Å². The third-order valence-corrected chi connectivity index (χ3v) is 5.55. The first-order valence-electron chi connectivity index (χ1n) is 10.9. The van der Waals surface area contributed by atoms with Crippen molar-refractivity contribution in [3.63, 3.8) is 0 Å². The van der Waals surface area contributed by atoms with Crippen LogP contribution in [-0.2, 0) is 4.79 Å². The number of amides is 2. The molecular formula is C28H21N5O2. The molecule has 5 aromatic rings. The minimum atomic E-state index is -0.263. The van der Waals surface area contributed by atoms with Crippen molar-refractivity contribution in [2.45, 2.75) is 0 Å². The lowest BCUT2D eigenvalue weighted by molar-refractivity contribution is -0.111. The largest absolute Gasteiger partial charge is 0.323 e. The second kappa shape index (κ2) is 9.44. The standard InChI is InChI=1S/C28H21N5O2/c1-2-27(34)31-22-7-5-6-21(16-22)23-17-25(33-18-29-15-13-24(23)33)19-9-11-20(12-10-19)28(35)32-26-8-3-4-14-30-26/h2-18H,1H2,(H,31,34)(H,30,32,35). The number of carbonyl (C=O) groups excluding carboxylic acids is 2. The van der Waals surface area contributed by atoms with Gasteiger partial charge in [-0.2, -0.15) is 0 Å². The summed E-state index contributed by atoms with van der Waals surface area (Å²) in [5, 5.41) is 5.60. The van der Waals surface area contributed by atoms with Crippen LogP contribution in [0.25, 0.3) is 27.9 Å². The number of anilines is 2. The number of hydrogen-bond acceptors (Lipinski definition) is 4. The number of aromatic nitrogens is 3. The highest BCUT2D eigenvalue weighted by molar-refractivity contribution is 6.04. The van der Waals surface area contributed by atoms with Gasteiger partial charge in [-0.1, -0.05) is 36.9 Å². The highest BCUT2D eigenvalue weighted by Gasteiger charge is 2.14. The molecule has 0 fully saturated rings. The van der Waals surface area contributed by atoms with Crippen molar-refractivity contribution in [1.82, 2.24) is 14.4 Å². The first-order valence-corrected chi connectivity index (χ1v) is 10.9. The summed E-state index contributed by atoms with van der Waals surface area (Å²) in [6.45, 7) is 3.50. The second-order valence-corrected chi connectivity index (χ2v) is 7.80. The molecule has 0 aliphatic rings. The third kappa shape index (κ3) is 4.56. The Labute approximate surface area is 201 Å². The Kier molecular flexibility index (Phi) is 5.88. The highest BCUT2D eigenvalue weighted by Crippen LogP contribution is 2.34. The van der Waals surface area contributed by atoms with Crippen LogP contribution < -0.4 is 10.6 Å². The van der Waals surface area contributed by atoms with Crippen LogP contribution in [0, 0.1) is 0 Å². The van der Waals surface area contributed by atoms with E-state index < -0.39 is 0 Å². The van der Waals surface area contributed by atoms with Gasteiger partial charge in [0, 0.05) is 29.2 Å². The number of hydrogen-bond donors (Lipinski definition) is 2. The van der Waals surface area contributed by atoms with Gasteiger partial charge in [0.05, 0.1) is 17.5 Å². The molecule has 3 heterocycles. The van der Waals surface area contributed by atoms with Crippen molar-refractivity contribution in [1.29, 1.82) is 0 Å². The molecule has 5 rings (SSSR count). The number of rotatable bonds is 6. The van der Waals surface area contributed by atoms with E-state index >= 15 is 0 Å². The van der Waals surface area contributed by atoms with Gasteiger partial charge in [-0.25, -0.2) is 9.97 Å². The van der Waals surface area contributed by atoms with Gasteiger partial charge >= 0.3 is 0 Å². The van der Waals surface area contributed by atoms with Crippen molar-refractivity contribution in [2.24, 2.45) is 0 Å². The minimum absolute atomic E-state index is 0.226. The molecule has 35 heavy (non-hydrogen) atoms. The van der Waals surface area contributed by atoms with E-state index in [-0.39, 0.29) is 11.8 Å². The van der Waals surface area contributed by atoms with Crippen LogP contribution in [0.5, 0.6) is 0 Å². The number of carbonyl (C=O) groups is 2. The molecule has 0 unspecified atom stereocenters. The predicted octanol–water partition coefficient (Wildman–Crippen LogP) is 5.44. The van der Waals surface area contributed by atoms with Gasteiger partial charge in [0.2, 0.25) is 5.91 Å². The topological polar surface area (TPSA) is 88.4 Å². The summed E-state index contributed by atoms with van der Waals surface area (Å²) >= 11 is 0. The number of benzene rings is 2. The molecule has 2 amide bonds. The third-order valence-electron chi connectivity index (χ3n) is 5.55. The van der Waals surface area contributed by atoms with Crippen LogP contribution in [0.15, 0.2) is 110 Å². The Balaban J connectivity index is 1.48. The molecule has 0 saturated heterocycles. The van der Waals surface area contributed by atoms with E-state index in [1.54, 1.807) is 43.0 Å². The molecule has 7 nitrogen and oxygen atoms in total. The van der Waals surface area contributed by atoms with E-state index in [1.165, 1.54) is 6.08 Å². The van der Waals surface area contributed by atoms with E-state index in [1.807, 2.05) is 52.9 Å². The van der Waals surface area contributed by atoms with Gasteiger partial charge in [-0.05, 0) is 65.7 Å². The van der Waals surface area contributed by atoms with Crippen molar-refractivity contribution in [3.05, 3.63) is 116 Å². The number of nitrogens with one attached hydrogen (secondary N) is 2. The van der Waals surface area contributed by atoms with Crippen LogP contribution in [0.1, 0.15) is 10.4 Å². The van der Waals surface area contributed by atoms with E-state index in [0.29, 0.717) is 17.1 Å². The maximum atomic E-state index is 12.6. The lowest BCUT2D eigenvalue weighted by atomic mass is 10.0. The Morgan fingerprint density at radius 3 is 2.49 bits per heavy atom. The predicted molar refractivity (Wildman–Crippen MR) is 137 cm³/mol. The fraction of sp³-hybridized carbons (Fsp3) is 0. The average molecular weight is 460 g/mol. The zero-order valence-corrected chi connectivity index (χ0v) is 18.7. The van der Waals surface area contributed by atoms with Crippen LogP contribution >= 0.6 is 0 Å². The van der Waals surface area contributed by atoms with E-state index in [4.69, 9.17) is 0 Å². The summed E-state index contributed by atoms with van der Waals surface area (Å²) in [4.78, 5) is 32.7. The average Bonchev–Trinajstić information content (AvgIpc) is 3.29. The SMILES string of the molecule is C=CC(=O)Nc1cccc(-c2cc(-c3ccc(C(=O)Nc4ccccn4)cc3)n3cnccc23)c1. The molecule has 170 valence electrons. The fourth-order valence-corrected chi connectivity index (χ4v) is 3.88. The van der Waals surface area contributed by atoms with Crippen molar-refractivity contribution >= 4 is 28.8 Å². The van der Waals surface area contributed by atoms with Crippen molar-refractivity contribution in [3.8, 4) is 22.4 Å². The van der Waals surface area contributed by atoms with Crippen LogP contribution in [0.4, 0.5) is 11.5 Å². The summed E-state index contributed by atoms with van der Waals surface area (Å²) in [5.41, 5.74) is 6.00. The molecule has 0 spiro atoms. The lowest BCUT2D eigenvalue weighted by Gasteiger charge is -2.06. The summed E-state index contributed by atoms with van der Waals surface area (Å²) in [6.07, 6.45) is 6.38. The quantitative estimate of drug-likeness (QED) is 0.331. The van der Waals surface area contributed by atoms with Crippen molar-refractivity contribution in [2.75, 3.05) is 10.6 Å². The number of fused-ring (bicyclic) bond motifs is 1. The molecule has 7 heteroatoms. The molecule has 0 aliphatic heterocycles. The Morgan fingerprint density at radius 1 is 0.857 bits per heavy atom. The first-order chi connectivity index (χ1) is 17.1. The second-order valence-electron chi connectivity index (χ2n) is 7.80. The maximum absolute atomic E-state index is 12.6. The Bertz CT molecular complexity index is 1540. The zero-order chi connectivity index (χ0) is 24.2. The van der Waals surface area contributed by atoms with Crippen LogP contribution in [0.2, 0.25) is 0 Å². The van der Waals surface area contributed by atoms with Gasteiger partial charge in [0.25, 0.3) is 5.91 Å². The monoisotopic (exact) mass is 459 g/mol. The van der Waals surface area contributed by atoms with Gasteiger partial charge in [0.1, 0.15) is 5.82 Å². The van der Waals surface area contributed by atoms with Gasteiger partial charge < -0.3 is 10.6 Å². The molecule has 2 N–H and O–H groups in total. The number of pyridine rings is 1. The highest BCUT2D eigenvalue weighted by atomic mass is 16.2. The lowest BCUT2D eigenvalue weighted by Crippen LogP contribution is -2.12. The van der Waals surface area contributed by atoms with Gasteiger partial charge in [-0.3, -0.25) is 14.0 Å². The van der Waals surface area contributed by atoms with Crippen LogP contribution in [-0.4, -0.2) is 26.2 Å². The van der Waals surface area contributed by atoms with E-state index in [0.717, 1.165) is 27.9 Å². The molecule has 0 atom stereocenters. The fourth-order valence-electron chi connectivity index (χ4n) is 3.88. The number of nitrogens with zero attached hydrogens (tertiary/aromatic N) is 3. The van der Waals surface area contributed by atoms with Gasteiger partial charge in [0.15, 0.2) is 0 Å². The Morgan fingerprint density at radius 2 is 1.71 bits per heavy atom. The molecule has 0 saturated carbocycles.